The van der Waals surface area contributed by atoms with Crippen LogP contribution in [0.4, 0.5) is 5.82 Å². The van der Waals surface area contributed by atoms with E-state index in [0.29, 0.717) is 22.8 Å². The van der Waals surface area contributed by atoms with E-state index in [1.165, 1.54) is 11.8 Å². The molecule has 0 aliphatic heterocycles. The van der Waals surface area contributed by atoms with Gasteiger partial charge in [-0.15, -0.1) is 0 Å². The van der Waals surface area contributed by atoms with E-state index in [4.69, 9.17) is 10.5 Å². The lowest BCUT2D eigenvalue weighted by Crippen LogP contribution is -2.15. The van der Waals surface area contributed by atoms with Crippen molar-refractivity contribution in [1.29, 1.82) is 0 Å². The highest BCUT2D eigenvalue weighted by atomic mass is 32.2. The van der Waals surface area contributed by atoms with E-state index in [0.717, 1.165) is 6.42 Å². The van der Waals surface area contributed by atoms with Gasteiger partial charge in [-0.3, -0.25) is 0 Å². The van der Waals surface area contributed by atoms with Crippen LogP contribution in [-0.4, -0.2) is 22.3 Å². The highest BCUT2D eigenvalue weighted by Crippen LogP contribution is 2.19. The lowest BCUT2D eigenvalue weighted by atomic mass is 10.1. The van der Waals surface area contributed by atoms with E-state index in [9.17, 15) is 0 Å². The average Bonchev–Trinajstić information content (AvgIpc) is 2.14. The molecule has 1 rings (SSSR count). The Morgan fingerprint density at radius 1 is 1.38 bits per heavy atom. The minimum absolute atomic E-state index is 0.143. The minimum Gasteiger partial charge on any atom is -0.474 e. The van der Waals surface area contributed by atoms with E-state index in [1.807, 2.05) is 13.2 Å². The predicted molar refractivity (Wildman–Crippen MR) is 67.8 cm³/mol. The van der Waals surface area contributed by atoms with E-state index in [-0.39, 0.29) is 6.10 Å². The van der Waals surface area contributed by atoms with Crippen LogP contribution in [-0.2, 0) is 0 Å². The maximum Gasteiger partial charge on any atom is 0.219 e. The lowest BCUT2D eigenvalue weighted by Gasteiger charge is -2.16. The Kier molecular flexibility index (Phi) is 4.86. The first kappa shape index (κ1) is 13.1. The van der Waals surface area contributed by atoms with Gasteiger partial charge < -0.3 is 10.5 Å². The molecule has 0 fully saturated rings. The van der Waals surface area contributed by atoms with E-state index >= 15 is 0 Å². The first-order valence-electron chi connectivity index (χ1n) is 5.36. The summed E-state index contributed by atoms with van der Waals surface area (Å²) >= 11 is 1.46. The Balaban J connectivity index is 2.69. The number of nitrogens with two attached hydrogens (primary N) is 1. The smallest absolute Gasteiger partial charge is 0.219 e. The maximum atomic E-state index is 5.70. The van der Waals surface area contributed by atoms with E-state index in [1.54, 1.807) is 6.07 Å². The van der Waals surface area contributed by atoms with Crippen molar-refractivity contribution < 1.29 is 4.74 Å². The molecule has 0 amide bonds. The highest BCUT2D eigenvalue weighted by molar-refractivity contribution is 7.98. The second-order valence-corrected chi connectivity index (χ2v) is 4.95. The zero-order chi connectivity index (χ0) is 12.1. The molecule has 0 radical (unpaired) electrons. The monoisotopic (exact) mass is 241 g/mol. The number of thioether (sulfide) groups is 1. The van der Waals surface area contributed by atoms with Crippen LogP contribution in [0, 0.1) is 5.92 Å². The average molecular weight is 241 g/mol. The third-order valence-electron chi connectivity index (χ3n) is 2.01. The fourth-order valence-electron chi connectivity index (χ4n) is 1.49. The molecule has 0 saturated carbocycles. The molecule has 1 atom stereocenters. The molecule has 0 spiro atoms. The minimum atomic E-state index is 0.143. The Morgan fingerprint density at radius 3 is 2.62 bits per heavy atom. The Labute approximate surface area is 101 Å². The van der Waals surface area contributed by atoms with Crippen molar-refractivity contribution in [3.8, 4) is 5.88 Å². The van der Waals surface area contributed by atoms with Crippen LogP contribution >= 0.6 is 11.8 Å². The zero-order valence-corrected chi connectivity index (χ0v) is 11.0. The summed E-state index contributed by atoms with van der Waals surface area (Å²) in [4.78, 5) is 8.32. The molecule has 1 aromatic heterocycles. The summed E-state index contributed by atoms with van der Waals surface area (Å²) in [5.41, 5.74) is 5.67. The summed E-state index contributed by atoms with van der Waals surface area (Å²) in [6.07, 6.45) is 3.05. The summed E-state index contributed by atoms with van der Waals surface area (Å²) < 4.78 is 5.70. The number of rotatable bonds is 5. The van der Waals surface area contributed by atoms with Crippen LogP contribution in [0.25, 0.3) is 0 Å². The van der Waals surface area contributed by atoms with E-state index in [2.05, 4.69) is 23.8 Å². The Hall–Kier alpha value is -0.970. The fraction of sp³-hybridized carbons (Fsp3) is 0.636. The summed E-state index contributed by atoms with van der Waals surface area (Å²) in [6, 6.07) is 1.66. The van der Waals surface area contributed by atoms with Crippen molar-refractivity contribution in [2.24, 2.45) is 5.92 Å². The van der Waals surface area contributed by atoms with Gasteiger partial charge in [-0.05, 0) is 25.5 Å². The van der Waals surface area contributed by atoms with Gasteiger partial charge in [0.2, 0.25) is 5.88 Å². The summed E-state index contributed by atoms with van der Waals surface area (Å²) in [5.74, 6) is 1.62. The van der Waals surface area contributed by atoms with Crippen LogP contribution in [0.3, 0.4) is 0 Å². The van der Waals surface area contributed by atoms with Gasteiger partial charge in [-0.1, -0.05) is 25.6 Å². The molecule has 0 aromatic carbocycles. The largest absolute Gasteiger partial charge is 0.474 e. The number of nitrogens with zero attached hydrogens (tertiary/aromatic N) is 2. The number of nitrogen functional groups attached to an aromatic ring is 1. The topological polar surface area (TPSA) is 61.0 Å². The molecule has 0 aliphatic carbocycles. The number of ether oxygens (including phenoxy) is 1. The zero-order valence-electron chi connectivity index (χ0n) is 10.2. The molecule has 0 bridgehead atoms. The number of hydrogen-bond acceptors (Lipinski definition) is 5. The standard InChI is InChI=1S/C11H19N3OS/c1-7(2)5-8(3)15-10-6-9(12)13-11(14-10)16-4/h6-8H,5H2,1-4H3,(H2,12,13,14). The van der Waals surface area contributed by atoms with Gasteiger partial charge in [0, 0.05) is 6.07 Å². The highest BCUT2D eigenvalue weighted by Gasteiger charge is 2.09. The summed E-state index contributed by atoms with van der Waals surface area (Å²) in [7, 11) is 0. The quantitative estimate of drug-likeness (QED) is 0.634. The predicted octanol–water partition coefficient (Wildman–Crippen LogP) is 2.59. The molecular formula is C11H19N3OS. The number of anilines is 1. The number of hydrogen-bond donors (Lipinski definition) is 1. The van der Waals surface area contributed by atoms with Gasteiger partial charge in [-0.2, -0.15) is 4.98 Å². The molecule has 5 heteroatoms. The first-order valence-corrected chi connectivity index (χ1v) is 6.59. The van der Waals surface area contributed by atoms with Crippen LogP contribution in [0.2, 0.25) is 0 Å². The Bertz CT molecular complexity index is 344. The molecule has 2 N–H and O–H groups in total. The molecule has 0 saturated heterocycles. The molecule has 4 nitrogen and oxygen atoms in total. The molecule has 0 aliphatic rings. The van der Waals surface area contributed by atoms with Gasteiger partial charge in [0.1, 0.15) is 5.82 Å². The Morgan fingerprint density at radius 2 is 2.06 bits per heavy atom. The van der Waals surface area contributed by atoms with Gasteiger partial charge in [0.05, 0.1) is 6.10 Å². The van der Waals surface area contributed by atoms with Crippen LogP contribution in [0.15, 0.2) is 11.2 Å². The van der Waals surface area contributed by atoms with Gasteiger partial charge >= 0.3 is 0 Å². The molecule has 16 heavy (non-hydrogen) atoms. The van der Waals surface area contributed by atoms with Crippen molar-refractivity contribution in [2.45, 2.75) is 38.5 Å². The third-order valence-corrected chi connectivity index (χ3v) is 2.56. The number of aromatic nitrogens is 2. The van der Waals surface area contributed by atoms with Gasteiger partial charge in [0.25, 0.3) is 0 Å². The third kappa shape index (κ3) is 4.26. The summed E-state index contributed by atoms with van der Waals surface area (Å²) in [6.45, 7) is 6.38. The normalized spacial score (nSPS) is 12.8. The van der Waals surface area contributed by atoms with E-state index < -0.39 is 0 Å². The second-order valence-electron chi connectivity index (χ2n) is 4.18. The molecular weight excluding hydrogens is 222 g/mol. The first-order chi connectivity index (χ1) is 7.51. The van der Waals surface area contributed by atoms with Gasteiger partial charge in [-0.25, -0.2) is 4.98 Å². The van der Waals surface area contributed by atoms with Crippen molar-refractivity contribution in [3.05, 3.63) is 6.07 Å². The fourth-order valence-corrected chi connectivity index (χ4v) is 1.87. The van der Waals surface area contributed by atoms with Crippen molar-refractivity contribution in [3.63, 3.8) is 0 Å². The van der Waals surface area contributed by atoms with Crippen LogP contribution < -0.4 is 10.5 Å². The van der Waals surface area contributed by atoms with Crippen molar-refractivity contribution in [1.82, 2.24) is 9.97 Å². The molecule has 1 aromatic rings. The van der Waals surface area contributed by atoms with Crippen LogP contribution in [0.1, 0.15) is 27.2 Å². The molecule has 90 valence electrons. The SMILES string of the molecule is CSc1nc(N)cc(OC(C)CC(C)C)n1. The second kappa shape index (κ2) is 5.94. The van der Waals surface area contributed by atoms with Crippen molar-refractivity contribution >= 4 is 17.6 Å². The molecule has 1 heterocycles. The summed E-state index contributed by atoms with van der Waals surface area (Å²) in [5, 5.41) is 0.645. The molecule has 1 unspecified atom stereocenters. The van der Waals surface area contributed by atoms with Crippen LogP contribution in [0.5, 0.6) is 5.88 Å². The van der Waals surface area contributed by atoms with Gasteiger partial charge in [0.15, 0.2) is 5.16 Å². The maximum absolute atomic E-state index is 5.70. The van der Waals surface area contributed by atoms with Crippen molar-refractivity contribution in [2.75, 3.05) is 12.0 Å². The lowest BCUT2D eigenvalue weighted by molar-refractivity contribution is 0.184.